The van der Waals surface area contributed by atoms with Crippen LogP contribution in [0.15, 0.2) is 59.8 Å². The molecule has 1 aliphatic carbocycles. The maximum Gasteiger partial charge on any atom is 0.252 e. The van der Waals surface area contributed by atoms with E-state index < -0.39 is 0 Å². The van der Waals surface area contributed by atoms with Crippen LogP contribution in [-0.4, -0.2) is 71.3 Å². The number of fused-ring (bicyclic) bond motifs is 2. The van der Waals surface area contributed by atoms with Gasteiger partial charge in [0.15, 0.2) is 0 Å². The fourth-order valence-electron chi connectivity index (χ4n) is 4.90. The van der Waals surface area contributed by atoms with Gasteiger partial charge in [0, 0.05) is 73.1 Å². The molecular weight excluding hydrogens is 442 g/mol. The van der Waals surface area contributed by atoms with Crippen LogP contribution < -0.4 is 10.2 Å². The lowest BCUT2D eigenvalue weighted by Gasteiger charge is -2.32. The number of ether oxygens (including phenoxy) is 1. The van der Waals surface area contributed by atoms with Gasteiger partial charge in [0.05, 0.1) is 18.4 Å². The zero-order valence-corrected chi connectivity index (χ0v) is 19.8. The minimum atomic E-state index is -0.0602. The summed E-state index contributed by atoms with van der Waals surface area (Å²) in [4.78, 5) is 26.4. The van der Waals surface area contributed by atoms with E-state index in [4.69, 9.17) is 4.74 Å². The highest BCUT2D eigenvalue weighted by molar-refractivity contribution is 6.04. The molecule has 178 valence electrons. The smallest absolute Gasteiger partial charge is 0.252 e. The molecule has 3 aliphatic rings. The molecule has 0 spiro atoms. The van der Waals surface area contributed by atoms with E-state index in [1.165, 1.54) is 0 Å². The zero-order valence-electron chi connectivity index (χ0n) is 19.8. The number of piperazine rings is 1. The minimum Gasteiger partial charge on any atom is -0.501 e. The predicted molar refractivity (Wildman–Crippen MR) is 134 cm³/mol. The predicted octanol–water partition coefficient (Wildman–Crippen LogP) is 2.72. The Morgan fingerprint density at radius 3 is 2.69 bits per heavy atom. The third-order valence-corrected chi connectivity index (χ3v) is 6.99. The molecule has 2 aromatic heterocycles. The third kappa shape index (κ3) is 3.97. The standard InChI is InChI=1S/C26H27N7O2/c1-32-7-9-33(10-8-32)26-27-14-17(15-28-26)24-19-5-3-16(12-23(19)30-31-24)11-21-20-13-18(35-2)4-6-22(20)29-25(21)34/h3-6,11-12,14-15,20H,7-10,13H2,1-2H3,(H,29,34)(H,30,31)/b21-11+. The van der Waals surface area contributed by atoms with E-state index in [0.29, 0.717) is 6.42 Å². The quantitative estimate of drug-likeness (QED) is 0.567. The van der Waals surface area contributed by atoms with Crippen LogP contribution in [0, 0.1) is 5.92 Å². The van der Waals surface area contributed by atoms with Crippen molar-refractivity contribution in [2.24, 2.45) is 5.92 Å². The number of carbonyl (C=O) groups excluding carboxylic acids is 1. The van der Waals surface area contributed by atoms with E-state index in [-0.39, 0.29) is 11.8 Å². The van der Waals surface area contributed by atoms with Crippen molar-refractivity contribution < 1.29 is 9.53 Å². The lowest BCUT2D eigenvalue weighted by atomic mass is 9.90. The molecule has 35 heavy (non-hydrogen) atoms. The number of hydrogen-bond donors (Lipinski definition) is 2. The topological polar surface area (TPSA) is 99.3 Å². The van der Waals surface area contributed by atoms with Crippen molar-refractivity contribution in [2.75, 3.05) is 45.2 Å². The molecule has 4 heterocycles. The Kier molecular flexibility index (Phi) is 5.33. The van der Waals surface area contributed by atoms with E-state index in [1.807, 2.05) is 48.8 Å². The Morgan fingerprint density at radius 1 is 1.11 bits per heavy atom. The fourth-order valence-corrected chi connectivity index (χ4v) is 4.90. The Bertz CT molecular complexity index is 1380. The van der Waals surface area contributed by atoms with E-state index in [2.05, 4.69) is 42.3 Å². The maximum atomic E-state index is 12.6. The number of methoxy groups -OCH3 is 1. The molecule has 2 N–H and O–H groups in total. The summed E-state index contributed by atoms with van der Waals surface area (Å²) in [5.74, 6) is 1.56. The molecule has 0 bridgehead atoms. The Balaban J connectivity index is 1.25. The Labute approximate surface area is 203 Å². The normalized spacial score (nSPS) is 21.7. The fraction of sp³-hybridized carbons (Fsp3) is 0.308. The monoisotopic (exact) mass is 469 g/mol. The molecular formula is C26H27N7O2. The number of allylic oxidation sites excluding steroid dienone is 4. The van der Waals surface area contributed by atoms with Crippen molar-refractivity contribution in [1.29, 1.82) is 0 Å². The second kappa shape index (κ2) is 8.66. The number of amides is 1. The van der Waals surface area contributed by atoms with Gasteiger partial charge >= 0.3 is 0 Å². The Hall–Kier alpha value is -3.98. The molecule has 2 fully saturated rings. The van der Waals surface area contributed by atoms with Crippen molar-refractivity contribution in [1.82, 2.24) is 30.4 Å². The molecule has 1 unspecified atom stereocenters. The van der Waals surface area contributed by atoms with Crippen LogP contribution in [0.1, 0.15) is 12.0 Å². The number of benzene rings is 1. The number of likely N-dealkylation sites (N-methyl/N-ethyl adjacent to an activating group) is 1. The van der Waals surface area contributed by atoms with Gasteiger partial charge in [-0.1, -0.05) is 6.07 Å². The Morgan fingerprint density at radius 2 is 1.91 bits per heavy atom. The van der Waals surface area contributed by atoms with Crippen molar-refractivity contribution in [2.45, 2.75) is 6.42 Å². The lowest BCUT2D eigenvalue weighted by molar-refractivity contribution is -0.115. The third-order valence-electron chi connectivity index (χ3n) is 6.99. The maximum absolute atomic E-state index is 12.6. The summed E-state index contributed by atoms with van der Waals surface area (Å²) in [6.45, 7) is 3.88. The first kappa shape index (κ1) is 21.5. The molecule has 9 nitrogen and oxygen atoms in total. The summed E-state index contributed by atoms with van der Waals surface area (Å²) in [5.41, 5.74) is 5.18. The molecule has 1 amide bonds. The van der Waals surface area contributed by atoms with Crippen LogP contribution in [0.2, 0.25) is 0 Å². The van der Waals surface area contributed by atoms with Crippen molar-refractivity contribution >= 4 is 28.8 Å². The van der Waals surface area contributed by atoms with Gasteiger partial charge in [-0.15, -0.1) is 0 Å². The van der Waals surface area contributed by atoms with Gasteiger partial charge in [-0.25, -0.2) is 9.97 Å². The van der Waals surface area contributed by atoms with Crippen molar-refractivity contribution in [3.63, 3.8) is 0 Å². The van der Waals surface area contributed by atoms with Gasteiger partial charge in [0.2, 0.25) is 5.95 Å². The van der Waals surface area contributed by atoms with Gasteiger partial charge in [-0.05, 0) is 43.0 Å². The molecule has 2 saturated heterocycles. The summed E-state index contributed by atoms with van der Waals surface area (Å²) in [6, 6.07) is 6.06. The second-order valence-electron chi connectivity index (χ2n) is 9.21. The molecule has 2 aliphatic heterocycles. The van der Waals surface area contributed by atoms with Crippen molar-refractivity contribution in [3.8, 4) is 11.3 Å². The lowest BCUT2D eigenvalue weighted by Crippen LogP contribution is -2.45. The average Bonchev–Trinajstić information content (AvgIpc) is 3.44. The minimum absolute atomic E-state index is 0.00792. The van der Waals surface area contributed by atoms with Gasteiger partial charge in [0.25, 0.3) is 5.91 Å². The summed E-state index contributed by atoms with van der Waals surface area (Å²) in [6.07, 6.45) is 10.1. The summed E-state index contributed by atoms with van der Waals surface area (Å²) >= 11 is 0. The number of aromatic amines is 1. The highest BCUT2D eigenvalue weighted by Crippen LogP contribution is 2.36. The first-order valence-electron chi connectivity index (χ1n) is 11.8. The highest BCUT2D eigenvalue weighted by atomic mass is 16.5. The highest BCUT2D eigenvalue weighted by Gasteiger charge is 2.35. The van der Waals surface area contributed by atoms with E-state index in [9.17, 15) is 4.79 Å². The SMILES string of the molecule is COC1=CC=C2NC(=O)/C(=C/c3ccc4c(-c5cnc(N6CCN(C)CC6)nc5)n[nH]c4c3)C2C1. The van der Waals surface area contributed by atoms with E-state index in [0.717, 1.165) is 76.9 Å². The van der Waals surface area contributed by atoms with Gasteiger partial charge in [-0.2, -0.15) is 5.10 Å². The summed E-state index contributed by atoms with van der Waals surface area (Å²) in [5, 5.41) is 11.6. The first-order valence-corrected chi connectivity index (χ1v) is 11.8. The number of nitrogens with one attached hydrogen (secondary N) is 2. The first-order chi connectivity index (χ1) is 17.1. The van der Waals surface area contributed by atoms with Crippen molar-refractivity contribution in [3.05, 3.63) is 65.3 Å². The largest absolute Gasteiger partial charge is 0.501 e. The van der Waals surface area contributed by atoms with Crippen LogP contribution in [0.5, 0.6) is 0 Å². The number of nitrogens with zero attached hydrogens (tertiary/aromatic N) is 5. The van der Waals surface area contributed by atoms with Crippen LogP contribution in [0.25, 0.3) is 28.2 Å². The molecule has 6 rings (SSSR count). The number of aromatic nitrogens is 4. The number of rotatable bonds is 4. The zero-order chi connectivity index (χ0) is 23.9. The second-order valence-corrected chi connectivity index (χ2v) is 9.21. The average molecular weight is 470 g/mol. The molecule has 0 radical (unpaired) electrons. The molecule has 1 atom stereocenters. The number of carbonyl (C=O) groups is 1. The molecule has 3 aromatic rings. The molecule has 1 aromatic carbocycles. The van der Waals surface area contributed by atoms with E-state index in [1.54, 1.807) is 7.11 Å². The van der Waals surface area contributed by atoms with Gasteiger partial charge in [-0.3, -0.25) is 9.89 Å². The number of hydrogen-bond acceptors (Lipinski definition) is 7. The molecule has 0 saturated carbocycles. The van der Waals surface area contributed by atoms with Crippen LogP contribution in [0.3, 0.4) is 0 Å². The summed E-state index contributed by atoms with van der Waals surface area (Å²) in [7, 11) is 3.79. The summed E-state index contributed by atoms with van der Waals surface area (Å²) < 4.78 is 5.40. The number of anilines is 1. The van der Waals surface area contributed by atoms with Crippen LogP contribution in [-0.2, 0) is 9.53 Å². The number of H-pyrrole nitrogens is 1. The van der Waals surface area contributed by atoms with E-state index >= 15 is 0 Å². The van der Waals surface area contributed by atoms with Crippen LogP contribution in [0.4, 0.5) is 5.95 Å². The van der Waals surface area contributed by atoms with Gasteiger partial charge in [0.1, 0.15) is 5.69 Å². The van der Waals surface area contributed by atoms with Crippen LogP contribution >= 0.6 is 0 Å². The molecule has 9 heteroatoms. The van der Waals surface area contributed by atoms with Gasteiger partial charge < -0.3 is 19.9 Å².